The number of aromatic nitrogens is 10. The summed E-state index contributed by atoms with van der Waals surface area (Å²) in [7, 11) is 0. The van der Waals surface area contributed by atoms with E-state index < -0.39 is 0 Å². The summed E-state index contributed by atoms with van der Waals surface area (Å²) in [5, 5.41) is 11.6. The first kappa shape index (κ1) is 38.1. The van der Waals surface area contributed by atoms with Crippen LogP contribution in [0.3, 0.4) is 0 Å². The van der Waals surface area contributed by atoms with Crippen molar-refractivity contribution >= 4 is 109 Å². The Morgan fingerprint density at radius 1 is 0.239 bits per heavy atom. The Labute approximate surface area is 403 Å². The number of nitrogens with zero attached hydrogens (tertiary/aromatic N) is 10. The summed E-state index contributed by atoms with van der Waals surface area (Å²) in [5.41, 5.74) is 12.9. The van der Waals surface area contributed by atoms with Crippen molar-refractivity contribution in [1.82, 2.24) is 47.8 Å². The maximum absolute atomic E-state index is 4.83. The van der Waals surface area contributed by atoms with Gasteiger partial charge in [0.1, 0.15) is 24.3 Å². The fraction of sp³-hybridized carbons (Fsp3) is 0. The first-order valence-corrected chi connectivity index (χ1v) is 23.7. The van der Waals surface area contributed by atoms with Crippen LogP contribution in [0, 0.1) is 0 Å². The molecule has 8 heterocycles. The van der Waals surface area contributed by atoms with Crippen LogP contribution < -0.4 is 0 Å². The van der Waals surface area contributed by atoms with Gasteiger partial charge in [0.25, 0.3) is 0 Å². The van der Waals surface area contributed by atoms with E-state index in [1.165, 1.54) is 32.3 Å². The van der Waals surface area contributed by atoms with Crippen LogP contribution in [0.15, 0.2) is 219 Å². The van der Waals surface area contributed by atoms with E-state index in [1.807, 2.05) is 36.7 Å². The van der Waals surface area contributed by atoms with E-state index in [0.717, 1.165) is 99.7 Å². The highest BCUT2D eigenvalue weighted by atomic mass is 15.2. The Kier molecular flexibility index (Phi) is 7.67. The fourth-order valence-electron chi connectivity index (χ4n) is 11.7. The van der Waals surface area contributed by atoms with Gasteiger partial charge in [0.05, 0.1) is 55.2 Å². The zero-order valence-electron chi connectivity index (χ0n) is 37.8. The van der Waals surface area contributed by atoms with Gasteiger partial charge >= 0.3 is 0 Å². The van der Waals surface area contributed by atoms with Crippen molar-refractivity contribution in [2.75, 3.05) is 0 Å². The second-order valence-electron chi connectivity index (χ2n) is 18.2. The summed E-state index contributed by atoms with van der Waals surface area (Å²) in [6, 6.07) is 69.8. The molecule has 330 valence electrons. The van der Waals surface area contributed by atoms with E-state index in [2.05, 4.69) is 198 Å². The molecule has 0 atom stereocenters. The molecule has 0 aliphatic carbocycles. The summed E-state index contributed by atoms with van der Waals surface area (Å²) in [6.07, 6.45) is 6.88. The fourth-order valence-corrected chi connectivity index (χ4v) is 11.7. The predicted octanol–water partition coefficient (Wildman–Crippen LogP) is 14.1. The molecule has 0 saturated heterocycles. The molecule has 16 rings (SSSR count). The van der Waals surface area contributed by atoms with Crippen molar-refractivity contribution < 1.29 is 0 Å². The van der Waals surface area contributed by atoms with Crippen LogP contribution >= 0.6 is 0 Å². The number of para-hydroxylation sites is 4. The predicted molar refractivity (Wildman–Crippen MR) is 287 cm³/mol. The molecule has 0 bridgehead atoms. The average molecular weight is 909 g/mol. The molecule has 8 aromatic heterocycles. The standard InChI is InChI=1S/C61H36N10/c1-7-19-51-39(13-1)43-25-23-37(29-53(43)69(51)59-21-9-11-27-63-59)67-49-17-5-3-15-41(49)45-31-47-48-32-46-42-16-4-6-18-50(42)68(56(46)34-58(48)71(57(47)33-55(45)67)61-65-35-62-36-66-61)38-24-26-44-40-14-2-8-20-52(40)70(54(44)30-38)60-22-10-12-28-64-60/h1-36H. The molecule has 0 saturated carbocycles. The van der Waals surface area contributed by atoms with Gasteiger partial charge in [0.15, 0.2) is 0 Å². The molecule has 0 amide bonds. The maximum atomic E-state index is 4.83. The Bertz CT molecular complexity index is 4580. The van der Waals surface area contributed by atoms with Gasteiger partial charge in [-0.2, -0.15) is 0 Å². The quantitative estimate of drug-likeness (QED) is 0.172. The van der Waals surface area contributed by atoms with Gasteiger partial charge in [-0.05, 0) is 97.1 Å². The molecule has 0 radical (unpaired) electrons. The molecule has 71 heavy (non-hydrogen) atoms. The van der Waals surface area contributed by atoms with Gasteiger partial charge in [-0.3, -0.25) is 13.7 Å². The van der Waals surface area contributed by atoms with Crippen molar-refractivity contribution in [3.05, 3.63) is 219 Å². The van der Waals surface area contributed by atoms with Crippen LogP contribution in [0.4, 0.5) is 0 Å². The van der Waals surface area contributed by atoms with E-state index in [-0.39, 0.29) is 0 Å². The van der Waals surface area contributed by atoms with Crippen LogP contribution in [0.25, 0.3) is 138 Å². The van der Waals surface area contributed by atoms with Gasteiger partial charge in [0, 0.05) is 77.6 Å². The number of hydrogen-bond donors (Lipinski definition) is 0. The molecule has 0 aliphatic heterocycles. The topological polar surface area (TPSA) is 89.1 Å². The molecule has 0 spiro atoms. The number of fused-ring (bicyclic) bond motifs is 15. The Morgan fingerprint density at radius 2 is 0.592 bits per heavy atom. The molecule has 16 aromatic rings. The van der Waals surface area contributed by atoms with Gasteiger partial charge in [-0.25, -0.2) is 24.9 Å². The lowest BCUT2D eigenvalue weighted by Crippen LogP contribution is -2.01. The van der Waals surface area contributed by atoms with E-state index in [0.29, 0.717) is 5.95 Å². The first-order valence-electron chi connectivity index (χ1n) is 23.7. The van der Waals surface area contributed by atoms with Gasteiger partial charge in [-0.1, -0.05) is 97.1 Å². The van der Waals surface area contributed by atoms with E-state index >= 15 is 0 Å². The maximum Gasteiger partial charge on any atom is 0.237 e. The largest absolute Gasteiger partial charge is 0.309 e. The third-order valence-electron chi connectivity index (χ3n) is 14.6. The van der Waals surface area contributed by atoms with Crippen molar-refractivity contribution in [2.45, 2.75) is 0 Å². The van der Waals surface area contributed by atoms with E-state index in [4.69, 9.17) is 19.9 Å². The molecule has 8 aromatic carbocycles. The lowest BCUT2D eigenvalue weighted by molar-refractivity contribution is 0.940. The zero-order chi connectivity index (χ0) is 46.3. The summed E-state index contributed by atoms with van der Waals surface area (Å²) in [5.74, 6) is 2.30. The number of hydrogen-bond acceptors (Lipinski definition) is 5. The third-order valence-corrected chi connectivity index (χ3v) is 14.6. The molecular formula is C61H36N10. The van der Waals surface area contributed by atoms with Crippen molar-refractivity contribution in [3.63, 3.8) is 0 Å². The number of pyridine rings is 2. The molecular weight excluding hydrogens is 873 g/mol. The first-order chi connectivity index (χ1) is 35.2. The smallest absolute Gasteiger partial charge is 0.237 e. The minimum absolute atomic E-state index is 0.548. The highest BCUT2D eigenvalue weighted by molar-refractivity contribution is 6.23. The summed E-state index contributed by atoms with van der Waals surface area (Å²) in [6.45, 7) is 0. The van der Waals surface area contributed by atoms with Crippen molar-refractivity contribution in [1.29, 1.82) is 0 Å². The Balaban J connectivity index is 0.987. The van der Waals surface area contributed by atoms with E-state index in [1.54, 1.807) is 12.7 Å². The van der Waals surface area contributed by atoms with Gasteiger partial charge in [0.2, 0.25) is 5.95 Å². The summed E-state index contributed by atoms with van der Waals surface area (Å²) >= 11 is 0. The zero-order valence-corrected chi connectivity index (χ0v) is 37.8. The average Bonchev–Trinajstić information content (AvgIpc) is 4.21. The van der Waals surface area contributed by atoms with Gasteiger partial charge < -0.3 is 9.13 Å². The summed E-state index contributed by atoms with van der Waals surface area (Å²) in [4.78, 5) is 23.6. The van der Waals surface area contributed by atoms with Crippen LogP contribution in [0.5, 0.6) is 0 Å². The Hall–Kier alpha value is -9.93. The molecule has 0 aliphatic rings. The minimum Gasteiger partial charge on any atom is -0.309 e. The highest BCUT2D eigenvalue weighted by Crippen LogP contribution is 2.44. The summed E-state index contributed by atoms with van der Waals surface area (Å²) < 4.78 is 11.6. The van der Waals surface area contributed by atoms with Crippen LogP contribution in [-0.2, 0) is 0 Å². The number of rotatable bonds is 5. The second-order valence-corrected chi connectivity index (χ2v) is 18.2. The molecule has 10 nitrogen and oxygen atoms in total. The molecule has 0 N–H and O–H groups in total. The lowest BCUT2D eigenvalue weighted by Gasteiger charge is -2.11. The molecule has 0 unspecified atom stereocenters. The SMILES string of the molecule is c1ccc(-n2c3ccccc3c3ccc(-n4c5ccccc5c5cc6c7cc8c9ccccc9n(-c9ccc%10c%11ccccc%11n(-c%11ccccn%11)c%10c9)c8cc7n(-c7ncncn7)c6cc54)cc32)nc1. The van der Waals surface area contributed by atoms with E-state index in [9.17, 15) is 0 Å². The lowest BCUT2D eigenvalue weighted by atomic mass is 10.1. The third kappa shape index (κ3) is 5.27. The normalized spacial score (nSPS) is 12.2. The monoisotopic (exact) mass is 908 g/mol. The van der Waals surface area contributed by atoms with Crippen LogP contribution in [-0.4, -0.2) is 47.8 Å². The second kappa shape index (κ2) is 14.3. The minimum atomic E-state index is 0.548. The number of benzene rings is 8. The van der Waals surface area contributed by atoms with Crippen LogP contribution in [0.2, 0.25) is 0 Å². The molecule has 10 heteroatoms. The molecule has 0 fully saturated rings. The van der Waals surface area contributed by atoms with Gasteiger partial charge in [-0.15, -0.1) is 0 Å². The highest BCUT2D eigenvalue weighted by Gasteiger charge is 2.24. The van der Waals surface area contributed by atoms with Crippen molar-refractivity contribution in [2.24, 2.45) is 0 Å². The van der Waals surface area contributed by atoms with Crippen molar-refractivity contribution in [3.8, 4) is 29.0 Å². The Morgan fingerprint density at radius 3 is 1.03 bits per heavy atom. The van der Waals surface area contributed by atoms with Crippen LogP contribution in [0.1, 0.15) is 0 Å².